The van der Waals surface area contributed by atoms with Crippen LogP contribution in [0, 0.1) is 0 Å². The van der Waals surface area contributed by atoms with E-state index >= 15 is 0 Å². The van der Waals surface area contributed by atoms with E-state index in [1.54, 1.807) is 0 Å². The van der Waals surface area contributed by atoms with E-state index in [0.29, 0.717) is 17.6 Å². The van der Waals surface area contributed by atoms with Gasteiger partial charge in [0.2, 0.25) is 5.91 Å². The maximum absolute atomic E-state index is 11.9. The standard InChI is InChI=1S/C21H40N2OS/c1-2-3-4-5-6-7-8-9-10-11-15-18-20(24)23-21(25)22-19-16-13-12-14-17-19/h19H,2-18H2,1H3,(H2,22,23,24,25). The summed E-state index contributed by atoms with van der Waals surface area (Å²) in [5, 5.41) is 6.66. The number of thiocarbonyl (C=S) groups is 1. The first-order valence-electron chi connectivity index (χ1n) is 10.8. The van der Waals surface area contributed by atoms with Gasteiger partial charge in [-0.1, -0.05) is 90.4 Å². The highest BCUT2D eigenvalue weighted by Gasteiger charge is 2.14. The Morgan fingerprint density at radius 3 is 1.92 bits per heavy atom. The first kappa shape index (κ1) is 22.4. The highest BCUT2D eigenvalue weighted by atomic mass is 32.1. The highest BCUT2D eigenvalue weighted by molar-refractivity contribution is 7.80. The van der Waals surface area contributed by atoms with Gasteiger partial charge in [-0.25, -0.2) is 0 Å². The van der Waals surface area contributed by atoms with Crippen LogP contribution in [0.4, 0.5) is 0 Å². The Morgan fingerprint density at radius 1 is 0.840 bits per heavy atom. The molecule has 1 aliphatic rings. The molecule has 0 aromatic rings. The molecular weight excluding hydrogens is 328 g/mol. The largest absolute Gasteiger partial charge is 0.360 e. The second-order valence-electron chi connectivity index (χ2n) is 7.64. The van der Waals surface area contributed by atoms with Gasteiger partial charge in [-0.15, -0.1) is 0 Å². The van der Waals surface area contributed by atoms with Crippen LogP contribution in [0.3, 0.4) is 0 Å². The first-order chi connectivity index (χ1) is 12.2. The number of rotatable bonds is 13. The summed E-state index contributed by atoms with van der Waals surface area (Å²) < 4.78 is 0. The van der Waals surface area contributed by atoms with Crippen LogP contribution in [-0.2, 0) is 4.79 Å². The van der Waals surface area contributed by atoms with Crippen molar-refractivity contribution in [2.24, 2.45) is 0 Å². The average molecular weight is 369 g/mol. The number of hydrogen-bond donors (Lipinski definition) is 2. The minimum Gasteiger partial charge on any atom is -0.360 e. The fourth-order valence-electron chi connectivity index (χ4n) is 3.61. The van der Waals surface area contributed by atoms with Crippen molar-refractivity contribution in [1.29, 1.82) is 0 Å². The fraction of sp³-hybridized carbons (Fsp3) is 0.905. The van der Waals surface area contributed by atoms with Crippen LogP contribution in [0.25, 0.3) is 0 Å². The minimum absolute atomic E-state index is 0.0734. The predicted molar refractivity (Wildman–Crippen MR) is 112 cm³/mol. The van der Waals surface area contributed by atoms with Crippen molar-refractivity contribution >= 4 is 23.2 Å². The summed E-state index contributed by atoms with van der Waals surface area (Å²) in [6.45, 7) is 2.26. The Hall–Kier alpha value is -0.640. The molecule has 0 aromatic carbocycles. The highest BCUT2D eigenvalue weighted by Crippen LogP contribution is 2.17. The van der Waals surface area contributed by atoms with Crippen LogP contribution >= 0.6 is 12.2 Å². The van der Waals surface area contributed by atoms with Gasteiger partial charge in [0.25, 0.3) is 0 Å². The lowest BCUT2D eigenvalue weighted by molar-refractivity contribution is -0.119. The maximum Gasteiger partial charge on any atom is 0.226 e. The molecule has 1 aliphatic carbocycles. The molecule has 1 amide bonds. The molecule has 25 heavy (non-hydrogen) atoms. The first-order valence-corrected chi connectivity index (χ1v) is 11.2. The molecule has 0 radical (unpaired) electrons. The molecule has 4 heteroatoms. The lowest BCUT2D eigenvalue weighted by atomic mass is 9.96. The molecule has 3 nitrogen and oxygen atoms in total. The SMILES string of the molecule is CCCCCCCCCCCCCC(=O)NC(=S)NC1CCCCC1. The lowest BCUT2D eigenvalue weighted by Gasteiger charge is -2.24. The third kappa shape index (κ3) is 13.3. The van der Waals surface area contributed by atoms with Crippen LogP contribution in [0.15, 0.2) is 0 Å². The Bertz CT molecular complexity index is 354. The van der Waals surface area contributed by atoms with Crippen LogP contribution in [0.2, 0.25) is 0 Å². The van der Waals surface area contributed by atoms with Gasteiger partial charge in [0.05, 0.1) is 0 Å². The van der Waals surface area contributed by atoms with Crippen molar-refractivity contribution in [3.05, 3.63) is 0 Å². The molecule has 0 unspecified atom stereocenters. The van der Waals surface area contributed by atoms with E-state index in [9.17, 15) is 4.79 Å². The monoisotopic (exact) mass is 368 g/mol. The van der Waals surface area contributed by atoms with Gasteiger partial charge in [0.15, 0.2) is 5.11 Å². The number of nitrogens with one attached hydrogen (secondary N) is 2. The quantitative estimate of drug-likeness (QED) is 0.309. The van der Waals surface area contributed by atoms with E-state index in [1.807, 2.05) is 0 Å². The normalized spacial score (nSPS) is 15.1. The zero-order valence-corrected chi connectivity index (χ0v) is 17.2. The van der Waals surface area contributed by atoms with Crippen molar-refractivity contribution < 1.29 is 4.79 Å². The molecule has 1 saturated carbocycles. The third-order valence-corrected chi connectivity index (χ3v) is 5.42. The average Bonchev–Trinajstić information content (AvgIpc) is 2.60. The summed E-state index contributed by atoms with van der Waals surface area (Å²) in [6.07, 6.45) is 21.2. The number of hydrogen-bond acceptors (Lipinski definition) is 2. The molecular formula is C21H40N2OS. The molecule has 0 heterocycles. The summed E-state index contributed by atoms with van der Waals surface area (Å²) in [6, 6.07) is 0.462. The topological polar surface area (TPSA) is 41.1 Å². The maximum atomic E-state index is 11.9. The molecule has 0 bridgehead atoms. The zero-order chi connectivity index (χ0) is 18.2. The van der Waals surface area contributed by atoms with E-state index in [4.69, 9.17) is 12.2 Å². The van der Waals surface area contributed by atoms with Crippen LogP contribution < -0.4 is 10.6 Å². The van der Waals surface area contributed by atoms with Crippen molar-refractivity contribution in [3.63, 3.8) is 0 Å². The van der Waals surface area contributed by atoms with Gasteiger partial charge >= 0.3 is 0 Å². The van der Waals surface area contributed by atoms with Crippen molar-refractivity contribution in [1.82, 2.24) is 10.6 Å². The van der Waals surface area contributed by atoms with Gasteiger partial charge in [-0.2, -0.15) is 0 Å². The number of carbonyl (C=O) groups is 1. The second-order valence-corrected chi connectivity index (χ2v) is 8.05. The van der Waals surface area contributed by atoms with Gasteiger partial charge in [-0.3, -0.25) is 4.79 Å². The van der Waals surface area contributed by atoms with Gasteiger partial charge in [-0.05, 0) is 31.5 Å². The molecule has 146 valence electrons. The van der Waals surface area contributed by atoms with Crippen LogP contribution in [-0.4, -0.2) is 17.1 Å². The van der Waals surface area contributed by atoms with Crippen molar-refractivity contribution in [2.45, 2.75) is 122 Å². The van der Waals surface area contributed by atoms with Crippen molar-refractivity contribution in [2.75, 3.05) is 0 Å². The van der Waals surface area contributed by atoms with Gasteiger partial charge in [0.1, 0.15) is 0 Å². The molecule has 1 rings (SSSR count). The zero-order valence-electron chi connectivity index (χ0n) is 16.4. The predicted octanol–water partition coefficient (Wildman–Crippen LogP) is 6.01. The lowest BCUT2D eigenvalue weighted by Crippen LogP contribution is -2.44. The Balaban J connectivity index is 1.87. The summed E-state index contributed by atoms with van der Waals surface area (Å²) in [5.41, 5.74) is 0. The fourth-order valence-corrected chi connectivity index (χ4v) is 3.89. The number of carbonyl (C=O) groups excluding carboxylic acids is 1. The van der Waals surface area contributed by atoms with Gasteiger partial charge in [0, 0.05) is 12.5 Å². The summed E-state index contributed by atoms with van der Waals surface area (Å²) in [4.78, 5) is 11.9. The van der Waals surface area contributed by atoms with Crippen molar-refractivity contribution in [3.8, 4) is 0 Å². The van der Waals surface area contributed by atoms with E-state index in [-0.39, 0.29) is 5.91 Å². The summed E-state index contributed by atoms with van der Waals surface area (Å²) >= 11 is 5.26. The number of unbranched alkanes of at least 4 members (excludes halogenated alkanes) is 10. The molecule has 0 aliphatic heterocycles. The Labute approximate surface area is 161 Å². The van der Waals surface area contributed by atoms with E-state index in [2.05, 4.69) is 17.6 Å². The van der Waals surface area contributed by atoms with Gasteiger partial charge < -0.3 is 10.6 Å². The molecule has 2 N–H and O–H groups in total. The molecule has 1 fully saturated rings. The third-order valence-electron chi connectivity index (χ3n) is 5.20. The van der Waals surface area contributed by atoms with Crippen LogP contribution in [0.5, 0.6) is 0 Å². The molecule has 0 spiro atoms. The molecule has 0 saturated heterocycles. The number of amides is 1. The van der Waals surface area contributed by atoms with E-state index in [1.165, 1.54) is 89.9 Å². The second kappa shape index (κ2) is 15.6. The smallest absolute Gasteiger partial charge is 0.226 e. The van der Waals surface area contributed by atoms with E-state index < -0.39 is 0 Å². The summed E-state index contributed by atoms with van der Waals surface area (Å²) in [7, 11) is 0. The Morgan fingerprint density at radius 2 is 1.36 bits per heavy atom. The minimum atomic E-state index is 0.0734. The van der Waals surface area contributed by atoms with Crippen LogP contribution in [0.1, 0.15) is 116 Å². The Kier molecular flexibility index (Phi) is 14.0. The summed E-state index contributed by atoms with van der Waals surface area (Å²) in [5.74, 6) is 0.0734. The van der Waals surface area contributed by atoms with E-state index in [0.717, 1.165) is 12.8 Å². The molecule has 0 atom stereocenters. The molecule has 0 aromatic heterocycles.